The van der Waals surface area contributed by atoms with Crippen LogP contribution in [0.4, 0.5) is 24.7 Å². The highest BCUT2D eigenvalue weighted by Crippen LogP contribution is 2.24. The highest BCUT2D eigenvalue weighted by Gasteiger charge is 2.38. The molecule has 0 saturated heterocycles. The quantitative estimate of drug-likeness (QED) is 0.572. The topological polar surface area (TPSA) is 104 Å². The van der Waals surface area contributed by atoms with Crippen LogP contribution in [0.3, 0.4) is 0 Å². The third-order valence-corrected chi connectivity index (χ3v) is 2.49. The number of hydrogen-bond acceptors (Lipinski definition) is 6. The average molecular weight is 330 g/mol. The summed E-state index contributed by atoms with van der Waals surface area (Å²) in [6.45, 7) is 5.84. The average Bonchev–Trinajstić information content (AvgIpc) is 2.41. The number of hydrazine groups is 1. The fraction of sp³-hybridized carbons (Fsp3) is 0.500. The Kier molecular flexibility index (Phi) is 7.74. The maximum atomic E-state index is 10.6. The van der Waals surface area contributed by atoms with Gasteiger partial charge in [-0.1, -0.05) is 11.6 Å². The van der Waals surface area contributed by atoms with Crippen molar-refractivity contribution >= 4 is 29.1 Å². The van der Waals surface area contributed by atoms with Gasteiger partial charge in [0.1, 0.15) is 0 Å². The predicted octanol–water partition coefficient (Wildman–Crippen LogP) is 1.90. The first-order valence-electron chi connectivity index (χ1n) is 5.72. The van der Waals surface area contributed by atoms with Crippen LogP contribution in [0.5, 0.6) is 0 Å². The Bertz CT molecular complexity index is 468. The van der Waals surface area contributed by atoms with Crippen molar-refractivity contribution in [2.24, 2.45) is 5.84 Å². The van der Waals surface area contributed by atoms with E-state index in [1.165, 1.54) is 0 Å². The summed E-state index contributed by atoms with van der Waals surface area (Å²) in [7, 11) is 0. The Labute approximate surface area is 123 Å². The molecule has 7 nitrogen and oxygen atoms in total. The maximum absolute atomic E-state index is 10.6. The molecule has 0 radical (unpaired) electrons. The Hall–Kier alpha value is -1.81. The highest BCUT2D eigenvalue weighted by atomic mass is 35.5. The van der Waals surface area contributed by atoms with E-state index < -0.39 is 12.1 Å². The zero-order valence-electron chi connectivity index (χ0n) is 11.3. The molecular weight excluding hydrogens is 315 g/mol. The minimum atomic E-state index is -5.08. The number of hydrogen-bond donors (Lipinski definition) is 3. The Morgan fingerprint density at radius 1 is 1.43 bits per heavy atom. The number of nitrogen functional groups attached to an aromatic ring is 1. The van der Waals surface area contributed by atoms with Gasteiger partial charge in [0.15, 0.2) is 11.0 Å². The van der Waals surface area contributed by atoms with Gasteiger partial charge in [-0.05, 0) is 13.8 Å². The van der Waals surface area contributed by atoms with Gasteiger partial charge in [-0.3, -0.25) is 0 Å². The van der Waals surface area contributed by atoms with Crippen LogP contribution < -0.4 is 16.2 Å². The Morgan fingerprint density at radius 3 is 2.24 bits per heavy atom. The van der Waals surface area contributed by atoms with Crippen LogP contribution in [0.25, 0.3) is 0 Å². The van der Waals surface area contributed by atoms with E-state index in [2.05, 4.69) is 34.4 Å². The van der Waals surface area contributed by atoms with Crippen LogP contribution in [-0.4, -0.2) is 40.5 Å². The van der Waals surface area contributed by atoms with Crippen molar-refractivity contribution < 1.29 is 23.1 Å². The number of aliphatic carboxylic acids is 1. The fourth-order valence-corrected chi connectivity index (χ4v) is 1.44. The second-order valence-corrected chi connectivity index (χ2v) is 3.88. The van der Waals surface area contributed by atoms with Crippen molar-refractivity contribution in [3.8, 4) is 0 Å². The van der Waals surface area contributed by atoms with Crippen molar-refractivity contribution in [1.82, 2.24) is 10.2 Å². The number of carboxylic acid groups (broad SMARTS) is 1. The van der Waals surface area contributed by atoms with Gasteiger partial charge in [0.2, 0.25) is 0 Å². The summed E-state index contributed by atoms with van der Waals surface area (Å²) in [6.07, 6.45) is -5.08. The second kappa shape index (κ2) is 8.47. The summed E-state index contributed by atoms with van der Waals surface area (Å²) in [5.41, 5.74) is 3.29. The number of nitrogens with one attached hydrogen (secondary N) is 1. The number of nitrogens with zero attached hydrogens (tertiary/aromatic N) is 3. The van der Waals surface area contributed by atoms with E-state index in [1.54, 1.807) is 6.07 Å². The predicted molar refractivity (Wildman–Crippen MR) is 72.1 cm³/mol. The molecule has 11 heteroatoms. The third kappa shape index (κ3) is 6.45. The molecule has 0 saturated carbocycles. The van der Waals surface area contributed by atoms with E-state index >= 15 is 0 Å². The van der Waals surface area contributed by atoms with E-state index in [0.717, 1.165) is 18.8 Å². The molecule has 0 unspecified atom stereocenters. The highest BCUT2D eigenvalue weighted by molar-refractivity contribution is 6.32. The molecular formula is C10H15ClF3N5O2. The Morgan fingerprint density at radius 2 is 1.90 bits per heavy atom. The van der Waals surface area contributed by atoms with Crippen molar-refractivity contribution in [1.29, 1.82) is 0 Å². The van der Waals surface area contributed by atoms with Gasteiger partial charge in [-0.15, -0.1) is 10.2 Å². The molecule has 4 N–H and O–H groups in total. The molecule has 0 bridgehead atoms. The first-order valence-corrected chi connectivity index (χ1v) is 6.10. The van der Waals surface area contributed by atoms with Crippen LogP contribution in [-0.2, 0) is 4.79 Å². The molecule has 1 aromatic rings. The lowest BCUT2D eigenvalue weighted by molar-refractivity contribution is -0.192. The van der Waals surface area contributed by atoms with Crippen LogP contribution in [0, 0.1) is 0 Å². The number of anilines is 2. The lowest BCUT2D eigenvalue weighted by Crippen LogP contribution is -2.23. The van der Waals surface area contributed by atoms with Crippen LogP contribution in [0.1, 0.15) is 13.8 Å². The lowest BCUT2D eigenvalue weighted by atomic mass is 10.3. The molecule has 0 amide bonds. The van der Waals surface area contributed by atoms with Gasteiger partial charge in [0.05, 0.1) is 5.69 Å². The van der Waals surface area contributed by atoms with Gasteiger partial charge < -0.3 is 15.4 Å². The third-order valence-electron chi connectivity index (χ3n) is 2.22. The standard InChI is InChI=1S/C8H14ClN5.C2HF3O2/c1-3-14(4-2)6-5-7(11-10)12-13-8(6)9;3-2(4,5)1(6)7/h5H,3-4,10H2,1-2H3,(H,11,12);(H,6,7). The molecule has 1 heterocycles. The normalized spacial score (nSPS) is 10.4. The second-order valence-electron chi connectivity index (χ2n) is 3.53. The molecule has 1 aromatic heterocycles. The molecule has 0 aliphatic rings. The molecule has 0 fully saturated rings. The Balaban J connectivity index is 0.000000486. The number of alkyl halides is 3. The van der Waals surface area contributed by atoms with Crippen LogP contribution in [0.2, 0.25) is 5.15 Å². The zero-order chi connectivity index (χ0) is 16.6. The largest absolute Gasteiger partial charge is 0.490 e. The van der Waals surface area contributed by atoms with E-state index in [4.69, 9.17) is 27.3 Å². The van der Waals surface area contributed by atoms with E-state index in [0.29, 0.717) is 11.0 Å². The van der Waals surface area contributed by atoms with Crippen molar-refractivity contribution in [3.05, 3.63) is 11.2 Å². The smallest absolute Gasteiger partial charge is 0.475 e. The first-order chi connectivity index (χ1) is 9.67. The van der Waals surface area contributed by atoms with E-state index in [9.17, 15) is 13.2 Å². The number of halogens is 4. The summed E-state index contributed by atoms with van der Waals surface area (Å²) in [6, 6.07) is 1.78. The lowest BCUT2D eigenvalue weighted by Gasteiger charge is -2.21. The van der Waals surface area contributed by atoms with Crippen molar-refractivity contribution in [2.75, 3.05) is 23.4 Å². The summed E-state index contributed by atoms with van der Waals surface area (Å²) < 4.78 is 31.7. The van der Waals surface area contributed by atoms with Gasteiger partial charge >= 0.3 is 12.1 Å². The number of rotatable bonds is 4. The number of carbonyl (C=O) groups is 1. The van der Waals surface area contributed by atoms with E-state index in [-0.39, 0.29) is 0 Å². The maximum Gasteiger partial charge on any atom is 0.490 e. The first kappa shape index (κ1) is 19.2. The molecule has 0 aliphatic heterocycles. The number of nitrogens with two attached hydrogens (primary N) is 1. The molecule has 1 rings (SSSR count). The summed E-state index contributed by atoms with van der Waals surface area (Å²) >= 11 is 5.92. The molecule has 21 heavy (non-hydrogen) atoms. The SMILES string of the molecule is CCN(CC)c1cc(NN)nnc1Cl.O=C(O)C(F)(F)F. The van der Waals surface area contributed by atoms with Gasteiger partial charge in [-0.25, -0.2) is 10.6 Å². The fourth-order valence-electron chi connectivity index (χ4n) is 1.22. The summed E-state index contributed by atoms with van der Waals surface area (Å²) in [4.78, 5) is 11.0. The van der Waals surface area contributed by atoms with Crippen molar-refractivity contribution in [2.45, 2.75) is 20.0 Å². The number of aromatic nitrogens is 2. The minimum absolute atomic E-state index is 0.396. The molecule has 120 valence electrons. The number of carboxylic acids is 1. The van der Waals surface area contributed by atoms with Gasteiger partial charge in [0, 0.05) is 19.2 Å². The molecule has 0 aliphatic carbocycles. The zero-order valence-corrected chi connectivity index (χ0v) is 12.0. The van der Waals surface area contributed by atoms with Crippen LogP contribution in [0.15, 0.2) is 6.07 Å². The molecule has 0 aromatic carbocycles. The monoisotopic (exact) mass is 329 g/mol. The molecule has 0 spiro atoms. The summed E-state index contributed by atoms with van der Waals surface area (Å²) in [5.74, 6) is 2.99. The summed E-state index contributed by atoms with van der Waals surface area (Å²) in [5, 5.41) is 15.1. The van der Waals surface area contributed by atoms with Crippen LogP contribution >= 0.6 is 11.6 Å². The minimum Gasteiger partial charge on any atom is -0.475 e. The van der Waals surface area contributed by atoms with E-state index in [1.807, 2.05) is 0 Å². The van der Waals surface area contributed by atoms with Gasteiger partial charge in [-0.2, -0.15) is 13.2 Å². The molecule has 0 atom stereocenters. The van der Waals surface area contributed by atoms with Crippen molar-refractivity contribution in [3.63, 3.8) is 0 Å². The van der Waals surface area contributed by atoms with Gasteiger partial charge in [0.25, 0.3) is 0 Å².